The van der Waals surface area contributed by atoms with Gasteiger partial charge in [-0.3, -0.25) is 9.48 Å². The van der Waals surface area contributed by atoms with Gasteiger partial charge in [0, 0.05) is 12.2 Å². The van der Waals surface area contributed by atoms with Gasteiger partial charge in [-0.15, -0.1) is 0 Å². The molecule has 0 aliphatic heterocycles. The summed E-state index contributed by atoms with van der Waals surface area (Å²) >= 11 is 0. The first-order valence-corrected chi connectivity index (χ1v) is 7.22. The SMILES string of the molecule is CCOC(=O)C(C)(CCCn1nc(C)c(C)c1C)NC. The maximum atomic E-state index is 12.0. The highest BCUT2D eigenvalue weighted by Crippen LogP contribution is 2.17. The summed E-state index contributed by atoms with van der Waals surface area (Å²) in [7, 11) is 1.80. The molecule has 114 valence electrons. The summed E-state index contributed by atoms with van der Waals surface area (Å²) in [6.07, 6.45) is 1.59. The normalized spacial score (nSPS) is 14.1. The van der Waals surface area contributed by atoms with Crippen molar-refractivity contribution >= 4 is 5.97 Å². The Morgan fingerprint density at radius 1 is 1.40 bits per heavy atom. The zero-order valence-corrected chi connectivity index (χ0v) is 13.5. The van der Waals surface area contributed by atoms with Crippen LogP contribution in [0, 0.1) is 20.8 Å². The molecule has 1 atom stereocenters. The van der Waals surface area contributed by atoms with Gasteiger partial charge in [0.05, 0.1) is 12.3 Å². The molecule has 5 nitrogen and oxygen atoms in total. The number of ether oxygens (including phenoxy) is 1. The van der Waals surface area contributed by atoms with Crippen LogP contribution in [0.1, 0.15) is 43.6 Å². The first-order valence-electron chi connectivity index (χ1n) is 7.22. The second-order valence-corrected chi connectivity index (χ2v) is 5.43. The van der Waals surface area contributed by atoms with E-state index < -0.39 is 5.54 Å². The number of rotatable bonds is 7. The lowest BCUT2D eigenvalue weighted by molar-refractivity contribution is -0.150. The molecule has 1 unspecified atom stereocenters. The molecule has 0 aliphatic carbocycles. The van der Waals surface area contributed by atoms with Crippen molar-refractivity contribution in [2.75, 3.05) is 13.7 Å². The first kappa shape index (κ1) is 16.7. The number of aryl methyl sites for hydroxylation is 2. The number of nitrogens with zero attached hydrogens (tertiary/aromatic N) is 2. The maximum Gasteiger partial charge on any atom is 0.326 e. The zero-order chi connectivity index (χ0) is 15.3. The largest absolute Gasteiger partial charge is 0.465 e. The number of carbonyl (C=O) groups excluding carboxylic acids is 1. The Balaban J connectivity index is 2.61. The van der Waals surface area contributed by atoms with Gasteiger partial charge in [-0.05, 0) is 60.1 Å². The van der Waals surface area contributed by atoms with Crippen LogP contribution in [0.15, 0.2) is 0 Å². The Hall–Kier alpha value is -1.36. The number of nitrogens with one attached hydrogen (secondary N) is 1. The summed E-state index contributed by atoms with van der Waals surface area (Å²) in [6.45, 7) is 11.1. The van der Waals surface area contributed by atoms with E-state index in [1.54, 1.807) is 7.05 Å². The lowest BCUT2D eigenvalue weighted by atomic mass is 9.96. The molecule has 0 aromatic carbocycles. The number of carbonyl (C=O) groups is 1. The van der Waals surface area contributed by atoms with Gasteiger partial charge in [-0.2, -0.15) is 5.10 Å². The van der Waals surface area contributed by atoms with Crippen molar-refractivity contribution in [3.63, 3.8) is 0 Å². The Labute approximate surface area is 121 Å². The van der Waals surface area contributed by atoms with Crippen molar-refractivity contribution < 1.29 is 9.53 Å². The average Bonchev–Trinajstić information content (AvgIpc) is 2.66. The van der Waals surface area contributed by atoms with Crippen LogP contribution in [-0.4, -0.2) is 34.9 Å². The van der Waals surface area contributed by atoms with E-state index in [-0.39, 0.29) is 5.97 Å². The predicted octanol–water partition coefficient (Wildman–Crippen LogP) is 2.13. The van der Waals surface area contributed by atoms with E-state index in [1.807, 2.05) is 25.5 Å². The molecule has 0 fully saturated rings. The minimum Gasteiger partial charge on any atom is -0.465 e. The van der Waals surface area contributed by atoms with Crippen LogP contribution in [0.5, 0.6) is 0 Å². The fourth-order valence-electron chi connectivity index (χ4n) is 2.21. The molecular formula is C15H27N3O2. The van der Waals surface area contributed by atoms with Crippen LogP contribution in [0.4, 0.5) is 0 Å². The van der Waals surface area contributed by atoms with Crippen LogP contribution in [0.3, 0.4) is 0 Å². The molecule has 0 radical (unpaired) electrons. The smallest absolute Gasteiger partial charge is 0.326 e. The van der Waals surface area contributed by atoms with Crippen molar-refractivity contribution in [2.45, 2.75) is 59.5 Å². The third kappa shape index (κ3) is 3.60. The molecular weight excluding hydrogens is 254 g/mol. The quantitative estimate of drug-likeness (QED) is 0.778. The zero-order valence-electron chi connectivity index (χ0n) is 13.5. The minimum atomic E-state index is -0.624. The fourth-order valence-corrected chi connectivity index (χ4v) is 2.21. The van der Waals surface area contributed by atoms with Crippen molar-refractivity contribution in [3.8, 4) is 0 Å². The maximum absolute atomic E-state index is 12.0. The van der Waals surface area contributed by atoms with Gasteiger partial charge in [0.15, 0.2) is 0 Å². The van der Waals surface area contributed by atoms with E-state index in [1.165, 1.54) is 11.3 Å². The number of hydrogen-bond acceptors (Lipinski definition) is 4. The monoisotopic (exact) mass is 281 g/mol. The van der Waals surface area contributed by atoms with E-state index in [2.05, 4.69) is 24.3 Å². The Morgan fingerprint density at radius 2 is 2.05 bits per heavy atom. The molecule has 1 N–H and O–H groups in total. The number of esters is 1. The molecule has 0 bridgehead atoms. The van der Waals surface area contributed by atoms with Crippen LogP contribution in [0.2, 0.25) is 0 Å². The number of likely N-dealkylation sites (N-methyl/N-ethyl adjacent to an activating group) is 1. The highest BCUT2D eigenvalue weighted by Gasteiger charge is 2.32. The highest BCUT2D eigenvalue weighted by molar-refractivity contribution is 5.80. The minimum absolute atomic E-state index is 0.188. The van der Waals surface area contributed by atoms with Crippen molar-refractivity contribution in [2.24, 2.45) is 0 Å². The molecule has 1 aromatic rings. The molecule has 0 aliphatic rings. The van der Waals surface area contributed by atoms with Crippen molar-refractivity contribution in [1.29, 1.82) is 0 Å². The van der Waals surface area contributed by atoms with Gasteiger partial charge in [0.25, 0.3) is 0 Å². The Bertz CT molecular complexity index is 468. The molecule has 1 rings (SSSR count). The summed E-state index contributed by atoms with van der Waals surface area (Å²) < 4.78 is 7.14. The summed E-state index contributed by atoms with van der Waals surface area (Å²) in [5.41, 5.74) is 2.89. The summed E-state index contributed by atoms with van der Waals surface area (Å²) in [6, 6.07) is 0. The van der Waals surface area contributed by atoms with Crippen LogP contribution in [0.25, 0.3) is 0 Å². The lowest BCUT2D eigenvalue weighted by Gasteiger charge is -2.26. The second kappa shape index (κ2) is 6.88. The topological polar surface area (TPSA) is 56.2 Å². The number of hydrogen-bond donors (Lipinski definition) is 1. The van der Waals surface area contributed by atoms with Gasteiger partial charge in [0.1, 0.15) is 5.54 Å². The van der Waals surface area contributed by atoms with Gasteiger partial charge in [-0.25, -0.2) is 0 Å². The van der Waals surface area contributed by atoms with E-state index in [9.17, 15) is 4.79 Å². The van der Waals surface area contributed by atoms with Gasteiger partial charge in [0.2, 0.25) is 0 Å². The summed E-state index contributed by atoms with van der Waals surface area (Å²) in [5.74, 6) is -0.188. The first-order chi connectivity index (χ1) is 9.35. The predicted molar refractivity (Wildman–Crippen MR) is 79.8 cm³/mol. The molecule has 0 saturated carbocycles. The molecule has 0 spiro atoms. The van der Waals surface area contributed by atoms with E-state index >= 15 is 0 Å². The average molecular weight is 281 g/mol. The van der Waals surface area contributed by atoms with E-state index in [0.29, 0.717) is 6.61 Å². The van der Waals surface area contributed by atoms with Gasteiger partial charge < -0.3 is 10.1 Å². The van der Waals surface area contributed by atoms with Crippen LogP contribution < -0.4 is 5.32 Å². The number of aromatic nitrogens is 2. The molecule has 20 heavy (non-hydrogen) atoms. The van der Waals surface area contributed by atoms with Crippen molar-refractivity contribution in [3.05, 3.63) is 17.0 Å². The third-order valence-electron chi connectivity index (χ3n) is 4.07. The van der Waals surface area contributed by atoms with E-state index in [0.717, 1.165) is 25.1 Å². The third-order valence-corrected chi connectivity index (χ3v) is 4.07. The second-order valence-electron chi connectivity index (χ2n) is 5.43. The van der Waals surface area contributed by atoms with Crippen LogP contribution >= 0.6 is 0 Å². The molecule has 1 aromatic heterocycles. The molecule has 0 amide bonds. The lowest BCUT2D eigenvalue weighted by Crippen LogP contribution is -2.48. The van der Waals surface area contributed by atoms with Crippen molar-refractivity contribution in [1.82, 2.24) is 15.1 Å². The molecule has 1 heterocycles. The summed E-state index contributed by atoms with van der Waals surface area (Å²) in [5, 5.41) is 7.59. The summed E-state index contributed by atoms with van der Waals surface area (Å²) in [4.78, 5) is 12.0. The molecule has 0 saturated heterocycles. The Morgan fingerprint density at radius 3 is 2.50 bits per heavy atom. The highest BCUT2D eigenvalue weighted by atomic mass is 16.5. The Kier molecular flexibility index (Phi) is 5.74. The van der Waals surface area contributed by atoms with Gasteiger partial charge in [-0.1, -0.05) is 0 Å². The van der Waals surface area contributed by atoms with E-state index in [4.69, 9.17) is 4.74 Å². The standard InChI is InChI=1S/C15H27N3O2/c1-7-20-14(19)15(5,16-6)9-8-10-18-13(4)11(2)12(3)17-18/h16H,7-10H2,1-6H3. The molecule has 5 heteroatoms. The van der Waals surface area contributed by atoms with Gasteiger partial charge >= 0.3 is 5.97 Å². The fraction of sp³-hybridized carbons (Fsp3) is 0.733. The van der Waals surface area contributed by atoms with Crippen LogP contribution in [-0.2, 0) is 16.1 Å².